The van der Waals surface area contributed by atoms with Gasteiger partial charge in [0.2, 0.25) is 0 Å². The van der Waals surface area contributed by atoms with Crippen LogP contribution in [-0.2, 0) is 0 Å². The second kappa shape index (κ2) is 30.5. The minimum Gasteiger partial charge on any atom is -0.372 e. The fraction of sp³-hybridized carbons (Fsp3) is 0.508. The molecule has 0 fully saturated rings. The Balaban J connectivity index is 1.60. The van der Waals surface area contributed by atoms with E-state index in [0.717, 1.165) is 58.0 Å². The molecule has 0 N–H and O–H groups in total. The maximum atomic E-state index is 2.59. The summed E-state index contributed by atoms with van der Waals surface area (Å²) in [6.07, 6.45) is 28.8. The Morgan fingerprint density at radius 1 is 0.324 bits per heavy atom. The van der Waals surface area contributed by atoms with Gasteiger partial charge >= 0.3 is 0 Å². The topological polar surface area (TPSA) is 16.0 Å². The van der Waals surface area contributed by atoms with E-state index in [1.54, 1.807) is 0 Å². The quantitative estimate of drug-likeness (QED) is 0.0454. The van der Waals surface area contributed by atoms with Crippen molar-refractivity contribution < 1.29 is 4.58 Å². The molecule has 0 atom stereocenters. The Morgan fingerprint density at radius 2 is 0.588 bits per heavy atom. The molecule has 5 heteroatoms. The number of anilines is 6. The minimum atomic E-state index is 1.10. The molecule has 4 aromatic carbocycles. The van der Waals surface area contributed by atoms with Gasteiger partial charge in [0.1, 0.15) is 13.1 Å². The normalized spacial score (nSPS) is 12.2. The molecule has 0 unspecified atom stereocenters. The highest BCUT2D eigenvalue weighted by atomic mass is 15.2. The molecule has 0 spiro atoms. The van der Waals surface area contributed by atoms with Crippen LogP contribution in [0, 0.1) is 0 Å². The van der Waals surface area contributed by atoms with Crippen molar-refractivity contribution in [2.75, 3.05) is 72.0 Å². The number of rotatable bonds is 32. The summed E-state index contributed by atoms with van der Waals surface area (Å²) in [5.74, 6) is 0. The zero-order chi connectivity index (χ0) is 48.4. The number of allylic oxidation sites excluding steroid dienone is 5. The standard InChI is InChI=1S/C63H92N5/c1-9-17-45-64(46-18-10-2)56-31-25-53(26-32-56)63(54-27-33-57(34-28-54)65(47-19-11-3)48-20-12-4)55-29-35-60(36-30-55)68(61-41-37-58(38-42-61)66(49-21-13-5)50-22-14-6)62-43-39-59(40-44-62)67(51-23-15-7)52-24-16-8/h25-44H,9-24,45-52H2,1-8H3/q+1. The van der Waals surface area contributed by atoms with Crippen LogP contribution in [0.2, 0.25) is 0 Å². The van der Waals surface area contributed by atoms with Gasteiger partial charge in [0.15, 0.2) is 5.71 Å². The van der Waals surface area contributed by atoms with Gasteiger partial charge in [-0.3, -0.25) is 0 Å². The molecule has 68 heavy (non-hydrogen) atoms. The van der Waals surface area contributed by atoms with Crippen LogP contribution < -0.4 is 19.6 Å². The van der Waals surface area contributed by atoms with E-state index < -0.39 is 0 Å². The Hall–Kier alpha value is -5.03. The molecular formula is C63H92N5+. The van der Waals surface area contributed by atoms with Crippen LogP contribution in [0.1, 0.15) is 169 Å². The van der Waals surface area contributed by atoms with Crippen molar-refractivity contribution in [2.24, 2.45) is 0 Å². The van der Waals surface area contributed by atoms with E-state index in [-0.39, 0.29) is 0 Å². The highest BCUT2D eigenvalue weighted by Gasteiger charge is 2.19. The van der Waals surface area contributed by atoms with Crippen LogP contribution in [0.4, 0.5) is 34.1 Å². The predicted octanol–water partition coefficient (Wildman–Crippen LogP) is 17.4. The third kappa shape index (κ3) is 16.0. The van der Waals surface area contributed by atoms with Crippen molar-refractivity contribution in [3.05, 3.63) is 138 Å². The number of hydrogen-bond acceptors (Lipinski definition) is 4. The minimum absolute atomic E-state index is 1.10. The van der Waals surface area contributed by atoms with Crippen LogP contribution >= 0.6 is 0 Å². The van der Waals surface area contributed by atoms with E-state index in [4.69, 9.17) is 0 Å². The van der Waals surface area contributed by atoms with Gasteiger partial charge in [-0.05, 0) is 146 Å². The smallest absolute Gasteiger partial charge is 0.199 e. The Morgan fingerprint density at radius 3 is 0.882 bits per heavy atom. The average Bonchev–Trinajstić information content (AvgIpc) is 3.38. The van der Waals surface area contributed by atoms with Crippen LogP contribution in [0.25, 0.3) is 5.57 Å². The second-order valence-corrected chi connectivity index (χ2v) is 19.2. The van der Waals surface area contributed by atoms with Crippen LogP contribution in [0.15, 0.2) is 127 Å². The van der Waals surface area contributed by atoms with Gasteiger partial charge < -0.3 is 19.6 Å². The molecule has 0 amide bonds. The summed E-state index contributed by atoms with van der Waals surface area (Å²) in [4.78, 5) is 10.2. The highest BCUT2D eigenvalue weighted by Crippen LogP contribution is 2.39. The van der Waals surface area contributed by atoms with E-state index in [9.17, 15) is 0 Å². The van der Waals surface area contributed by atoms with Crippen molar-refractivity contribution in [3.8, 4) is 0 Å². The predicted molar refractivity (Wildman–Crippen MR) is 303 cm³/mol. The molecule has 5 nitrogen and oxygen atoms in total. The van der Waals surface area contributed by atoms with Crippen LogP contribution in [0.5, 0.6) is 0 Å². The summed E-state index contributed by atoms with van der Waals surface area (Å²) < 4.78 is 2.59. The molecule has 0 saturated heterocycles. The Labute approximate surface area is 416 Å². The average molecular weight is 919 g/mol. The molecule has 0 bridgehead atoms. The fourth-order valence-electron chi connectivity index (χ4n) is 9.30. The first kappa shape index (κ1) is 53.9. The lowest BCUT2D eigenvalue weighted by Crippen LogP contribution is -2.25. The van der Waals surface area contributed by atoms with Crippen molar-refractivity contribution >= 4 is 45.4 Å². The molecule has 1 aliphatic rings. The summed E-state index contributed by atoms with van der Waals surface area (Å²) in [5.41, 5.74) is 13.8. The van der Waals surface area contributed by atoms with E-state index in [1.165, 1.54) is 159 Å². The second-order valence-electron chi connectivity index (χ2n) is 19.2. The number of nitrogens with zero attached hydrogens (tertiary/aromatic N) is 5. The first-order chi connectivity index (χ1) is 33.4. The van der Waals surface area contributed by atoms with E-state index in [0.29, 0.717) is 0 Å². The zero-order valence-corrected chi connectivity index (χ0v) is 44.3. The maximum absolute atomic E-state index is 2.59. The first-order valence-electron chi connectivity index (χ1n) is 27.6. The lowest BCUT2D eigenvalue weighted by atomic mass is 9.90. The van der Waals surface area contributed by atoms with Crippen molar-refractivity contribution in [3.63, 3.8) is 0 Å². The summed E-state index contributed by atoms with van der Waals surface area (Å²) in [6, 6.07) is 37.7. The van der Waals surface area contributed by atoms with E-state index >= 15 is 0 Å². The fourth-order valence-corrected chi connectivity index (χ4v) is 9.30. The highest BCUT2D eigenvalue weighted by molar-refractivity contribution is 6.04. The van der Waals surface area contributed by atoms with E-state index in [2.05, 4.69) is 201 Å². The maximum Gasteiger partial charge on any atom is 0.199 e. The van der Waals surface area contributed by atoms with E-state index in [1.807, 2.05) is 0 Å². The monoisotopic (exact) mass is 919 g/mol. The summed E-state index contributed by atoms with van der Waals surface area (Å²) in [5, 5.41) is 0. The molecule has 1 aliphatic carbocycles. The van der Waals surface area contributed by atoms with Crippen molar-refractivity contribution in [1.82, 2.24) is 0 Å². The largest absolute Gasteiger partial charge is 0.372 e. The number of hydrogen-bond donors (Lipinski definition) is 0. The third-order valence-corrected chi connectivity index (χ3v) is 13.7. The van der Waals surface area contributed by atoms with Gasteiger partial charge in [-0.2, -0.15) is 0 Å². The van der Waals surface area contributed by atoms with Gasteiger partial charge in [-0.15, -0.1) is 0 Å². The number of unbranched alkanes of at least 4 members (excludes halogenated alkanes) is 8. The summed E-state index contributed by atoms with van der Waals surface area (Å²) in [7, 11) is 0. The first-order valence-corrected chi connectivity index (χ1v) is 27.6. The third-order valence-electron chi connectivity index (χ3n) is 13.7. The SMILES string of the molecule is CCCCN(CCCC)c1ccc(C(=C2C=CC(=[N+](CCCC)CCCC)C=C2)c2ccc(N(c3ccc(N(CCCC)CCCC)cc3)c3ccc(N(CCCC)CCCC)cc3)cc2)cc1. The molecule has 368 valence electrons. The molecular weight excluding hydrogens is 827 g/mol. The number of benzene rings is 4. The molecule has 0 aliphatic heterocycles. The van der Waals surface area contributed by atoms with Gasteiger partial charge in [0, 0.05) is 98.4 Å². The lowest BCUT2D eigenvalue weighted by molar-refractivity contribution is -0.527. The Kier molecular flexibility index (Phi) is 24.1. The van der Waals surface area contributed by atoms with Gasteiger partial charge in [-0.25, -0.2) is 4.58 Å². The molecule has 4 aromatic rings. The molecule has 0 aromatic heterocycles. The van der Waals surface area contributed by atoms with Crippen molar-refractivity contribution in [1.29, 1.82) is 0 Å². The molecule has 5 rings (SSSR count). The van der Waals surface area contributed by atoms with Crippen LogP contribution in [0.3, 0.4) is 0 Å². The van der Waals surface area contributed by atoms with Gasteiger partial charge in [0.05, 0.1) is 0 Å². The lowest BCUT2D eigenvalue weighted by Gasteiger charge is -2.29. The Bertz CT molecular complexity index is 2010. The van der Waals surface area contributed by atoms with Crippen molar-refractivity contribution in [2.45, 2.75) is 158 Å². The van der Waals surface area contributed by atoms with Crippen LogP contribution in [-0.4, -0.2) is 62.6 Å². The van der Waals surface area contributed by atoms with Gasteiger partial charge in [-0.1, -0.05) is 131 Å². The molecule has 0 radical (unpaired) electrons. The zero-order valence-electron chi connectivity index (χ0n) is 44.3. The molecule has 0 saturated carbocycles. The van der Waals surface area contributed by atoms with Gasteiger partial charge in [0.25, 0.3) is 0 Å². The summed E-state index contributed by atoms with van der Waals surface area (Å²) in [6.45, 7) is 27.2. The summed E-state index contributed by atoms with van der Waals surface area (Å²) >= 11 is 0. The molecule has 0 heterocycles.